The Hall–Kier alpha value is -0.870. The Morgan fingerprint density at radius 3 is 3.05 bits per heavy atom. The molecule has 3 unspecified atom stereocenters. The van der Waals surface area contributed by atoms with Crippen molar-refractivity contribution in [2.24, 2.45) is 11.8 Å². The molecule has 19 heavy (non-hydrogen) atoms. The third kappa shape index (κ3) is 2.56. The second kappa shape index (κ2) is 5.25. The highest BCUT2D eigenvalue weighted by atomic mass is 79.9. The van der Waals surface area contributed by atoms with Crippen LogP contribution in [0.1, 0.15) is 24.8 Å². The van der Waals surface area contributed by atoms with Crippen LogP contribution in [0.4, 0.5) is 5.69 Å². The van der Waals surface area contributed by atoms with E-state index in [1.807, 2.05) is 25.1 Å². The molecule has 2 N–H and O–H groups in total. The number of hydrogen-bond donors (Lipinski definition) is 2. The van der Waals surface area contributed by atoms with Gasteiger partial charge < -0.3 is 10.6 Å². The minimum absolute atomic E-state index is 0.00412. The number of carbonyl (C=O) groups excluding carboxylic acids is 1. The highest BCUT2D eigenvalue weighted by molar-refractivity contribution is 9.10. The summed E-state index contributed by atoms with van der Waals surface area (Å²) in [7, 11) is 0. The lowest BCUT2D eigenvalue weighted by molar-refractivity contribution is -0.118. The largest absolute Gasteiger partial charge is 0.324 e. The number of benzene rings is 1. The molecule has 0 aromatic heterocycles. The van der Waals surface area contributed by atoms with Crippen molar-refractivity contribution in [2.75, 3.05) is 11.9 Å². The van der Waals surface area contributed by atoms with Crippen LogP contribution < -0.4 is 10.6 Å². The van der Waals surface area contributed by atoms with Gasteiger partial charge in [-0.3, -0.25) is 4.79 Å². The summed E-state index contributed by atoms with van der Waals surface area (Å²) in [6.45, 7) is 3.02. The minimum Gasteiger partial charge on any atom is -0.324 e. The van der Waals surface area contributed by atoms with Crippen LogP contribution in [0, 0.1) is 18.8 Å². The average Bonchev–Trinajstić information content (AvgIpc) is 2.94. The third-order valence-electron chi connectivity index (χ3n) is 4.47. The molecule has 4 heteroatoms. The standard InChI is InChI=1S/C15H19BrN2O/c1-9-7-11(16)5-6-13(9)18-15(19)14-12-4-2-3-10(12)8-17-14/h5-7,10,12,14,17H,2-4,8H2,1H3,(H,18,19). The molecule has 3 nitrogen and oxygen atoms in total. The van der Waals surface area contributed by atoms with Crippen molar-refractivity contribution >= 4 is 27.5 Å². The molecule has 1 amide bonds. The first-order valence-corrected chi connectivity index (χ1v) is 7.75. The van der Waals surface area contributed by atoms with Crippen LogP contribution in [-0.2, 0) is 4.79 Å². The number of anilines is 1. The number of hydrogen-bond acceptors (Lipinski definition) is 2. The van der Waals surface area contributed by atoms with Crippen LogP contribution in [0.3, 0.4) is 0 Å². The summed E-state index contributed by atoms with van der Waals surface area (Å²) in [5.41, 5.74) is 2.00. The zero-order valence-electron chi connectivity index (χ0n) is 11.1. The number of fused-ring (bicyclic) bond motifs is 1. The predicted octanol–water partition coefficient (Wildman–Crippen LogP) is 3.08. The smallest absolute Gasteiger partial charge is 0.241 e. The molecular formula is C15H19BrN2O. The molecule has 1 heterocycles. The van der Waals surface area contributed by atoms with Gasteiger partial charge in [0.2, 0.25) is 5.91 Å². The molecule has 1 saturated heterocycles. The molecule has 1 aromatic rings. The van der Waals surface area contributed by atoms with Crippen molar-refractivity contribution in [3.63, 3.8) is 0 Å². The summed E-state index contributed by atoms with van der Waals surface area (Å²) in [5, 5.41) is 6.46. The molecule has 1 saturated carbocycles. The van der Waals surface area contributed by atoms with Crippen LogP contribution in [0.15, 0.2) is 22.7 Å². The zero-order chi connectivity index (χ0) is 13.4. The van der Waals surface area contributed by atoms with Crippen LogP contribution in [-0.4, -0.2) is 18.5 Å². The molecule has 1 aliphatic carbocycles. The van der Waals surface area contributed by atoms with E-state index in [0.717, 1.165) is 22.3 Å². The van der Waals surface area contributed by atoms with Gasteiger partial charge in [0.05, 0.1) is 6.04 Å². The zero-order valence-corrected chi connectivity index (χ0v) is 12.7. The number of halogens is 1. The maximum atomic E-state index is 12.4. The quantitative estimate of drug-likeness (QED) is 0.878. The van der Waals surface area contributed by atoms with E-state index in [0.29, 0.717) is 11.8 Å². The highest BCUT2D eigenvalue weighted by Crippen LogP contribution is 2.38. The lowest BCUT2D eigenvalue weighted by atomic mass is 9.93. The molecule has 2 aliphatic rings. The molecular weight excluding hydrogens is 304 g/mol. The van der Waals surface area contributed by atoms with Crippen molar-refractivity contribution < 1.29 is 4.79 Å². The van der Waals surface area contributed by atoms with Gasteiger partial charge >= 0.3 is 0 Å². The van der Waals surface area contributed by atoms with Crippen molar-refractivity contribution in [3.8, 4) is 0 Å². The molecule has 1 aromatic carbocycles. The number of carbonyl (C=O) groups is 1. The second-order valence-electron chi connectivity index (χ2n) is 5.69. The lowest BCUT2D eigenvalue weighted by Crippen LogP contribution is -2.39. The fourth-order valence-corrected chi connectivity index (χ4v) is 3.93. The molecule has 102 valence electrons. The average molecular weight is 323 g/mol. The fraction of sp³-hybridized carbons (Fsp3) is 0.533. The van der Waals surface area contributed by atoms with Gasteiger partial charge in [-0.2, -0.15) is 0 Å². The Balaban J connectivity index is 1.71. The molecule has 0 radical (unpaired) electrons. The maximum absolute atomic E-state index is 12.4. The van der Waals surface area contributed by atoms with Crippen LogP contribution in [0.5, 0.6) is 0 Å². The topological polar surface area (TPSA) is 41.1 Å². The van der Waals surface area contributed by atoms with E-state index in [4.69, 9.17) is 0 Å². The van der Waals surface area contributed by atoms with Gasteiger partial charge in [0.15, 0.2) is 0 Å². The fourth-order valence-electron chi connectivity index (χ4n) is 3.45. The highest BCUT2D eigenvalue weighted by Gasteiger charge is 2.42. The molecule has 2 fully saturated rings. The Labute approximate surface area is 122 Å². The van der Waals surface area contributed by atoms with Gasteiger partial charge in [-0.05, 0) is 61.9 Å². The lowest BCUT2D eigenvalue weighted by Gasteiger charge is -2.18. The Bertz CT molecular complexity index is 503. The summed E-state index contributed by atoms with van der Waals surface area (Å²) in [6.07, 6.45) is 3.74. The van der Waals surface area contributed by atoms with E-state index in [1.54, 1.807) is 0 Å². The van der Waals surface area contributed by atoms with Gasteiger partial charge in [0.25, 0.3) is 0 Å². The third-order valence-corrected chi connectivity index (χ3v) is 4.97. The normalized spacial score (nSPS) is 29.3. The second-order valence-corrected chi connectivity index (χ2v) is 6.60. The number of amides is 1. The van der Waals surface area contributed by atoms with Gasteiger partial charge in [0.1, 0.15) is 0 Å². The first-order chi connectivity index (χ1) is 9.15. The predicted molar refractivity (Wildman–Crippen MR) is 80.1 cm³/mol. The Morgan fingerprint density at radius 1 is 1.42 bits per heavy atom. The van der Waals surface area contributed by atoms with Crippen LogP contribution >= 0.6 is 15.9 Å². The molecule has 0 spiro atoms. The maximum Gasteiger partial charge on any atom is 0.241 e. The van der Waals surface area contributed by atoms with E-state index in [9.17, 15) is 4.79 Å². The van der Waals surface area contributed by atoms with Crippen molar-refractivity contribution in [1.29, 1.82) is 0 Å². The van der Waals surface area contributed by atoms with E-state index >= 15 is 0 Å². The van der Waals surface area contributed by atoms with E-state index in [2.05, 4.69) is 26.6 Å². The first kappa shape index (κ1) is 13.1. The summed E-state index contributed by atoms with van der Waals surface area (Å²) in [5.74, 6) is 1.37. The van der Waals surface area contributed by atoms with E-state index < -0.39 is 0 Å². The van der Waals surface area contributed by atoms with Crippen LogP contribution in [0.2, 0.25) is 0 Å². The number of nitrogens with one attached hydrogen (secondary N) is 2. The van der Waals surface area contributed by atoms with Crippen molar-refractivity contribution in [2.45, 2.75) is 32.2 Å². The monoisotopic (exact) mass is 322 g/mol. The van der Waals surface area contributed by atoms with Gasteiger partial charge in [-0.15, -0.1) is 0 Å². The molecule has 3 atom stereocenters. The summed E-state index contributed by atoms with van der Waals surface area (Å²) >= 11 is 3.44. The number of aryl methyl sites for hydroxylation is 1. The number of rotatable bonds is 2. The van der Waals surface area contributed by atoms with E-state index in [1.165, 1.54) is 19.3 Å². The van der Waals surface area contributed by atoms with E-state index in [-0.39, 0.29) is 11.9 Å². The first-order valence-electron chi connectivity index (χ1n) is 6.95. The van der Waals surface area contributed by atoms with Gasteiger partial charge in [-0.1, -0.05) is 22.4 Å². The summed E-state index contributed by atoms with van der Waals surface area (Å²) < 4.78 is 1.04. The SMILES string of the molecule is Cc1cc(Br)ccc1NC(=O)C1NCC2CCCC21. The molecule has 3 rings (SSSR count). The van der Waals surface area contributed by atoms with Gasteiger partial charge in [-0.25, -0.2) is 0 Å². The van der Waals surface area contributed by atoms with Crippen LogP contribution in [0.25, 0.3) is 0 Å². The van der Waals surface area contributed by atoms with Gasteiger partial charge in [0, 0.05) is 10.2 Å². The summed E-state index contributed by atoms with van der Waals surface area (Å²) in [6, 6.07) is 5.94. The minimum atomic E-state index is -0.00412. The van der Waals surface area contributed by atoms with Crippen molar-refractivity contribution in [3.05, 3.63) is 28.2 Å². The Morgan fingerprint density at radius 2 is 2.26 bits per heavy atom. The molecule has 1 aliphatic heterocycles. The van der Waals surface area contributed by atoms with Crippen molar-refractivity contribution in [1.82, 2.24) is 5.32 Å². The summed E-state index contributed by atoms with van der Waals surface area (Å²) in [4.78, 5) is 12.4. The molecule has 0 bridgehead atoms. The Kier molecular flexibility index (Phi) is 3.63.